The summed E-state index contributed by atoms with van der Waals surface area (Å²) in [7, 11) is 0. The fourth-order valence-electron chi connectivity index (χ4n) is 2.35. The third-order valence-corrected chi connectivity index (χ3v) is 3.25. The Bertz CT molecular complexity index is 288. The smallest absolute Gasteiger partial charge is 0.208 e. The van der Waals surface area contributed by atoms with Crippen LogP contribution in [-0.2, 0) is 6.54 Å². The molecule has 2 N–H and O–H groups in total. The molecule has 1 fully saturated rings. The van der Waals surface area contributed by atoms with Crippen LogP contribution in [0.25, 0.3) is 0 Å². The Hall–Kier alpha value is -0.830. The Morgan fingerprint density at radius 1 is 1.20 bits per heavy atom. The topological polar surface area (TPSA) is 52.0 Å². The second-order valence-electron chi connectivity index (χ2n) is 4.40. The Kier molecular flexibility index (Phi) is 3.78. The fourth-order valence-corrected chi connectivity index (χ4v) is 2.35. The molecule has 1 aliphatic carbocycles. The molecule has 1 aromatic heterocycles. The molecule has 0 atom stereocenters. The van der Waals surface area contributed by atoms with E-state index >= 15 is 0 Å². The number of rotatable bonds is 2. The minimum Gasteiger partial charge on any atom is -0.444 e. The third kappa shape index (κ3) is 2.81. The molecule has 2 rings (SSSR count). The lowest BCUT2D eigenvalue weighted by Crippen LogP contribution is -2.01. The monoisotopic (exact) mass is 208 g/mol. The van der Waals surface area contributed by atoms with Gasteiger partial charge in [0.2, 0.25) is 5.89 Å². The van der Waals surface area contributed by atoms with Crippen molar-refractivity contribution in [2.45, 2.75) is 57.4 Å². The highest BCUT2D eigenvalue weighted by Gasteiger charge is 2.17. The van der Waals surface area contributed by atoms with E-state index in [0.29, 0.717) is 18.4 Å². The van der Waals surface area contributed by atoms with Crippen LogP contribution >= 0.6 is 0 Å². The molecule has 84 valence electrons. The van der Waals surface area contributed by atoms with Crippen LogP contribution in [0, 0.1) is 0 Å². The van der Waals surface area contributed by atoms with Gasteiger partial charge in [-0.05, 0) is 12.8 Å². The number of aromatic nitrogens is 1. The van der Waals surface area contributed by atoms with Gasteiger partial charge in [-0.1, -0.05) is 32.1 Å². The predicted molar refractivity (Wildman–Crippen MR) is 59.5 cm³/mol. The van der Waals surface area contributed by atoms with Crippen LogP contribution in [0.3, 0.4) is 0 Å². The van der Waals surface area contributed by atoms with Crippen LogP contribution in [0.15, 0.2) is 10.6 Å². The van der Waals surface area contributed by atoms with Gasteiger partial charge in [-0.25, -0.2) is 4.98 Å². The molecule has 1 saturated carbocycles. The average molecular weight is 208 g/mol. The van der Waals surface area contributed by atoms with Crippen molar-refractivity contribution in [2.75, 3.05) is 0 Å². The van der Waals surface area contributed by atoms with Gasteiger partial charge in [-0.3, -0.25) is 0 Å². The normalized spacial score (nSPS) is 19.8. The third-order valence-electron chi connectivity index (χ3n) is 3.25. The highest BCUT2D eigenvalue weighted by Crippen LogP contribution is 2.31. The molecule has 0 bridgehead atoms. The van der Waals surface area contributed by atoms with E-state index < -0.39 is 0 Å². The molecule has 0 saturated heterocycles. The van der Waals surface area contributed by atoms with Gasteiger partial charge in [0, 0.05) is 5.92 Å². The van der Waals surface area contributed by atoms with Crippen LogP contribution in [0.4, 0.5) is 0 Å². The van der Waals surface area contributed by atoms with Crippen LogP contribution in [0.5, 0.6) is 0 Å². The zero-order valence-corrected chi connectivity index (χ0v) is 9.24. The van der Waals surface area contributed by atoms with E-state index in [1.165, 1.54) is 44.9 Å². The standard InChI is InChI=1S/C12H20N2O/c13-8-12-14-9-11(15-12)10-6-4-2-1-3-5-7-10/h9-10H,1-8,13H2. The largest absolute Gasteiger partial charge is 0.444 e. The summed E-state index contributed by atoms with van der Waals surface area (Å²) in [6.07, 6.45) is 11.2. The number of nitrogens with zero attached hydrogens (tertiary/aromatic N) is 1. The van der Waals surface area contributed by atoms with Crippen LogP contribution in [-0.4, -0.2) is 4.98 Å². The van der Waals surface area contributed by atoms with Crippen molar-refractivity contribution in [3.63, 3.8) is 0 Å². The molecule has 1 heterocycles. The molecule has 3 nitrogen and oxygen atoms in total. The molecule has 3 heteroatoms. The Morgan fingerprint density at radius 3 is 2.47 bits per heavy atom. The molecule has 0 aromatic carbocycles. The van der Waals surface area contributed by atoms with E-state index in [4.69, 9.17) is 10.2 Å². The molecule has 1 aromatic rings. The first-order chi connectivity index (χ1) is 7.40. The van der Waals surface area contributed by atoms with E-state index in [2.05, 4.69) is 4.98 Å². The average Bonchev–Trinajstić information content (AvgIpc) is 2.65. The SMILES string of the molecule is NCc1ncc(C2CCCCCCC2)o1. The van der Waals surface area contributed by atoms with Crippen molar-refractivity contribution in [3.8, 4) is 0 Å². The molecule has 0 aliphatic heterocycles. The molecular weight excluding hydrogens is 188 g/mol. The van der Waals surface area contributed by atoms with Crippen molar-refractivity contribution in [1.29, 1.82) is 0 Å². The number of nitrogens with two attached hydrogens (primary N) is 1. The van der Waals surface area contributed by atoms with Gasteiger partial charge in [0.15, 0.2) is 0 Å². The van der Waals surface area contributed by atoms with Crippen LogP contribution in [0.2, 0.25) is 0 Å². The summed E-state index contributed by atoms with van der Waals surface area (Å²) < 4.78 is 5.63. The van der Waals surface area contributed by atoms with Gasteiger partial charge >= 0.3 is 0 Å². The maximum Gasteiger partial charge on any atom is 0.208 e. The molecule has 1 aliphatic rings. The van der Waals surface area contributed by atoms with Gasteiger partial charge in [-0.2, -0.15) is 0 Å². The summed E-state index contributed by atoms with van der Waals surface area (Å²) >= 11 is 0. The van der Waals surface area contributed by atoms with E-state index in [0.717, 1.165) is 5.76 Å². The maximum atomic E-state index is 5.63. The molecule has 0 radical (unpaired) electrons. The zero-order chi connectivity index (χ0) is 10.5. The number of hydrogen-bond donors (Lipinski definition) is 1. The maximum absolute atomic E-state index is 5.63. The van der Waals surface area contributed by atoms with E-state index in [-0.39, 0.29) is 0 Å². The van der Waals surface area contributed by atoms with Crippen molar-refractivity contribution in [3.05, 3.63) is 17.8 Å². The van der Waals surface area contributed by atoms with Crippen molar-refractivity contribution in [2.24, 2.45) is 5.73 Å². The molecule has 15 heavy (non-hydrogen) atoms. The van der Waals surface area contributed by atoms with Crippen molar-refractivity contribution < 1.29 is 4.42 Å². The molecular formula is C12H20N2O. The lowest BCUT2D eigenvalue weighted by molar-refractivity contribution is 0.372. The van der Waals surface area contributed by atoms with Gasteiger partial charge < -0.3 is 10.2 Å². The first kappa shape index (κ1) is 10.7. The summed E-state index contributed by atoms with van der Waals surface area (Å²) in [6.45, 7) is 0.409. The lowest BCUT2D eigenvalue weighted by Gasteiger charge is -2.16. The Balaban J connectivity index is 2.00. The highest BCUT2D eigenvalue weighted by molar-refractivity contribution is 5.02. The Morgan fingerprint density at radius 2 is 1.87 bits per heavy atom. The minimum absolute atomic E-state index is 0.409. The lowest BCUT2D eigenvalue weighted by atomic mass is 9.90. The summed E-state index contributed by atoms with van der Waals surface area (Å²) in [6, 6.07) is 0. The van der Waals surface area contributed by atoms with Crippen molar-refractivity contribution >= 4 is 0 Å². The minimum atomic E-state index is 0.409. The van der Waals surface area contributed by atoms with Gasteiger partial charge in [0.05, 0.1) is 12.7 Å². The quantitative estimate of drug-likeness (QED) is 0.813. The van der Waals surface area contributed by atoms with E-state index in [1.54, 1.807) is 0 Å². The summed E-state index contributed by atoms with van der Waals surface area (Å²) in [5.74, 6) is 2.31. The Labute approximate surface area is 91.1 Å². The van der Waals surface area contributed by atoms with Gasteiger partial charge in [-0.15, -0.1) is 0 Å². The molecule has 0 unspecified atom stereocenters. The molecule has 0 spiro atoms. The summed E-state index contributed by atoms with van der Waals surface area (Å²) in [5.41, 5.74) is 5.49. The second kappa shape index (κ2) is 5.31. The number of oxazole rings is 1. The second-order valence-corrected chi connectivity index (χ2v) is 4.40. The van der Waals surface area contributed by atoms with Gasteiger partial charge in [0.25, 0.3) is 0 Å². The summed E-state index contributed by atoms with van der Waals surface area (Å²) in [5, 5.41) is 0. The van der Waals surface area contributed by atoms with E-state index in [9.17, 15) is 0 Å². The van der Waals surface area contributed by atoms with Gasteiger partial charge in [0.1, 0.15) is 5.76 Å². The van der Waals surface area contributed by atoms with E-state index in [1.807, 2.05) is 6.20 Å². The first-order valence-corrected chi connectivity index (χ1v) is 6.05. The van der Waals surface area contributed by atoms with Crippen LogP contribution in [0.1, 0.15) is 62.5 Å². The molecule has 0 amide bonds. The van der Waals surface area contributed by atoms with Crippen molar-refractivity contribution in [1.82, 2.24) is 4.98 Å². The zero-order valence-electron chi connectivity index (χ0n) is 9.24. The fraction of sp³-hybridized carbons (Fsp3) is 0.750. The first-order valence-electron chi connectivity index (χ1n) is 6.05. The van der Waals surface area contributed by atoms with Crippen LogP contribution < -0.4 is 5.73 Å². The highest BCUT2D eigenvalue weighted by atomic mass is 16.4. The predicted octanol–water partition coefficient (Wildman–Crippen LogP) is 2.96. The number of hydrogen-bond acceptors (Lipinski definition) is 3. The summed E-state index contributed by atoms with van der Waals surface area (Å²) in [4.78, 5) is 4.17.